The van der Waals surface area contributed by atoms with Crippen LogP contribution in [0.3, 0.4) is 0 Å². The van der Waals surface area contributed by atoms with Crippen LogP contribution in [0.4, 0.5) is 4.39 Å². The Labute approximate surface area is 147 Å². The first-order valence-corrected chi connectivity index (χ1v) is 8.60. The van der Waals surface area contributed by atoms with Crippen molar-refractivity contribution in [1.29, 1.82) is 0 Å². The van der Waals surface area contributed by atoms with Crippen LogP contribution in [-0.2, 0) is 13.1 Å². The Kier molecular flexibility index (Phi) is 6.07. The molecule has 0 radical (unpaired) electrons. The van der Waals surface area contributed by atoms with Gasteiger partial charge in [0, 0.05) is 62.6 Å². The molecule has 1 aromatic carbocycles. The van der Waals surface area contributed by atoms with E-state index in [2.05, 4.69) is 9.80 Å². The van der Waals surface area contributed by atoms with Gasteiger partial charge in [0.25, 0.3) is 0 Å². The van der Waals surface area contributed by atoms with Crippen molar-refractivity contribution < 1.29 is 18.7 Å². The van der Waals surface area contributed by atoms with E-state index in [9.17, 15) is 9.50 Å². The maximum atomic E-state index is 14.3. The largest absolute Gasteiger partial charge is 0.497 e. The number of aliphatic hydroxyl groups excluding tert-OH is 1. The van der Waals surface area contributed by atoms with Crippen molar-refractivity contribution in [1.82, 2.24) is 9.80 Å². The van der Waals surface area contributed by atoms with Crippen LogP contribution in [0.15, 0.2) is 41.2 Å². The number of hydrogen-bond acceptors (Lipinski definition) is 5. The summed E-state index contributed by atoms with van der Waals surface area (Å²) in [5.74, 6) is 0.279. The molecule has 1 aliphatic rings. The zero-order chi connectivity index (χ0) is 17.6. The minimum absolute atomic E-state index is 0.131. The highest BCUT2D eigenvalue weighted by Crippen LogP contribution is 2.22. The second-order valence-corrected chi connectivity index (χ2v) is 6.46. The van der Waals surface area contributed by atoms with E-state index in [0.717, 1.165) is 31.7 Å². The molecule has 1 saturated heterocycles. The van der Waals surface area contributed by atoms with Crippen LogP contribution >= 0.6 is 0 Å². The Bertz CT molecular complexity index is 663. The van der Waals surface area contributed by atoms with E-state index >= 15 is 0 Å². The minimum atomic E-state index is -0.247. The van der Waals surface area contributed by atoms with Gasteiger partial charge in [-0.15, -0.1) is 0 Å². The summed E-state index contributed by atoms with van der Waals surface area (Å²) < 4.78 is 24.5. The van der Waals surface area contributed by atoms with Gasteiger partial charge in [-0.25, -0.2) is 4.39 Å². The van der Waals surface area contributed by atoms with Crippen molar-refractivity contribution in [2.75, 3.05) is 33.4 Å². The Hall–Kier alpha value is -1.89. The van der Waals surface area contributed by atoms with Crippen LogP contribution < -0.4 is 4.74 Å². The lowest BCUT2D eigenvalue weighted by atomic mass is 10.1. The van der Waals surface area contributed by atoms with Gasteiger partial charge in [0.2, 0.25) is 0 Å². The summed E-state index contributed by atoms with van der Waals surface area (Å²) in [7, 11) is 1.53. The summed E-state index contributed by atoms with van der Waals surface area (Å²) in [6.45, 7) is 4.11. The highest BCUT2D eigenvalue weighted by atomic mass is 19.1. The highest BCUT2D eigenvalue weighted by Gasteiger charge is 2.27. The number of furan rings is 1. The second kappa shape index (κ2) is 8.47. The van der Waals surface area contributed by atoms with Crippen LogP contribution in [0.2, 0.25) is 0 Å². The molecule has 136 valence electrons. The zero-order valence-electron chi connectivity index (χ0n) is 14.5. The molecule has 0 bridgehead atoms. The van der Waals surface area contributed by atoms with Crippen molar-refractivity contribution in [2.24, 2.45) is 0 Å². The van der Waals surface area contributed by atoms with Gasteiger partial charge in [-0.3, -0.25) is 9.80 Å². The third kappa shape index (κ3) is 4.60. The Morgan fingerprint density at radius 2 is 2.16 bits per heavy atom. The molecule has 0 spiro atoms. The van der Waals surface area contributed by atoms with Crippen molar-refractivity contribution >= 4 is 0 Å². The Morgan fingerprint density at radius 1 is 1.28 bits per heavy atom. The lowest BCUT2D eigenvalue weighted by Gasteiger charge is -2.41. The molecule has 0 aliphatic carbocycles. The van der Waals surface area contributed by atoms with Gasteiger partial charge in [0.05, 0.1) is 19.6 Å². The van der Waals surface area contributed by atoms with Crippen molar-refractivity contribution in [2.45, 2.75) is 25.6 Å². The predicted molar refractivity (Wildman–Crippen MR) is 92.8 cm³/mol. The molecule has 5 nitrogen and oxygen atoms in total. The number of rotatable bonds is 7. The molecule has 1 atom stereocenters. The summed E-state index contributed by atoms with van der Waals surface area (Å²) in [6, 6.07) is 7.16. The van der Waals surface area contributed by atoms with E-state index in [0.29, 0.717) is 24.3 Å². The molecule has 1 N–H and O–H groups in total. The van der Waals surface area contributed by atoms with Crippen molar-refractivity contribution in [3.05, 3.63) is 53.7 Å². The van der Waals surface area contributed by atoms with E-state index in [1.54, 1.807) is 24.7 Å². The first kappa shape index (κ1) is 17.9. The highest BCUT2D eigenvalue weighted by molar-refractivity contribution is 5.29. The number of piperazine rings is 1. The Balaban J connectivity index is 1.64. The molecule has 2 heterocycles. The molecule has 1 aliphatic heterocycles. The average molecular weight is 348 g/mol. The van der Waals surface area contributed by atoms with Crippen molar-refractivity contribution in [3.63, 3.8) is 0 Å². The molecule has 0 amide bonds. The number of aliphatic hydroxyl groups is 1. The second-order valence-electron chi connectivity index (χ2n) is 6.46. The molecular formula is C19H25FN2O3. The number of hydrogen-bond donors (Lipinski definition) is 1. The molecule has 1 fully saturated rings. The van der Waals surface area contributed by atoms with E-state index in [4.69, 9.17) is 9.15 Å². The minimum Gasteiger partial charge on any atom is -0.497 e. The molecule has 1 unspecified atom stereocenters. The molecule has 6 heteroatoms. The summed E-state index contributed by atoms with van der Waals surface area (Å²) in [4.78, 5) is 4.61. The summed E-state index contributed by atoms with van der Waals surface area (Å²) in [5.41, 5.74) is 1.81. The lowest BCUT2D eigenvalue weighted by Crippen LogP contribution is -2.52. The average Bonchev–Trinajstić information content (AvgIpc) is 3.12. The fraction of sp³-hybridized carbons (Fsp3) is 0.474. The van der Waals surface area contributed by atoms with Gasteiger partial charge in [-0.1, -0.05) is 6.07 Å². The third-order valence-corrected chi connectivity index (χ3v) is 4.77. The van der Waals surface area contributed by atoms with Gasteiger partial charge >= 0.3 is 0 Å². The smallest absolute Gasteiger partial charge is 0.131 e. The van der Waals surface area contributed by atoms with Gasteiger partial charge in [-0.2, -0.15) is 0 Å². The Morgan fingerprint density at radius 3 is 2.84 bits per heavy atom. The van der Waals surface area contributed by atoms with Crippen LogP contribution in [0.25, 0.3) is 0 Å². The molecule has 1 aromatic heterocycles. The van der Waals surface area contributed by atoms with Gasteiger partial charge in [0.1, 0.15) is 11.6 Å². The summed E-state index contributed by atoms with van der Waals surface area (Å²) in [5, 5.41) is 9.42. The molecular weight excluding hydrogens is 323 g/mol. The first-order valence-electron chi connectivity index (χ1n) is 8.60. The van der Waals surface area contributed by atoms with Crippen LogP contribution in [0, 0.1) is 5.82 Å². The van der Waals surface area contributed by atoms with E-state index in [-0.39, 0.29) is 18.5 Å². The quantitative estimate of drug-likeness (QED) is 0.833. The number of halogens is 1. The van der Waals surface area contributed by atoms with Gasteiger partial charge in [-0.05, 0) is 18.6 Å². The lowest BCUT2D eigenvalue weighted by molar-refractivity contribution is 0.0492. The fourth-order valence-electron chi connectivity index (χ4n) is 3.37. The maximum absolute atomic E-state index is 14.3. The summed E-state index contributed by atoms with van der Waals surface area (Å²) >= 11 is 0. The van der Waals surface area contributed by atoms with Gasteiger partial charge in [0.15, 0.2) is 0 Å². The number of nitrogens with zero attached hydrogens (tertiary/aromatic N) is 2. The number of benzene rings is 1. The number of methoxy groups -OCH3 is 1. The number of ether oxygens (including phenoxy) is 1. The van der Waals surface area contributed by atoms with E-state index < -0.39 is 0 Å². The molecule has 3 rings (SSSR count). The fourth-order valence-corrected chi connectivity index (χ4v) is 3.37. The van der Waals surface area contributed by atoms with Crippen molar-refractivity contribution in [3.8, 4) is 5.75 Å². The summed E-state index contributed by atoms with van der Waals surface area (Å²) in [6.07, 6.45) is 4.13. The van der Waals surface area contributed by atoms with Crippen LogP contribution in [-0.4, -0.2) is 54.3 Å². The molecule has 25 heavy (non-hydrogen) atoms. The predicted octanol–water partition coefficient (Wildman–Crippen LogP) is 2.50. The third-order valence-electron chi connectivity index (χ3n) is 4.77. The first-order chi connectivity index (χ1) is 12.2. The normalized spacial score (nSPS) is 19.2. The SMILES string of the molecule is COc1ccc(CN2CCN(Cc3ccoc3)CC2CCO)c(F)c1. The van der Waals surface area contributed by atoms with Crippen LogP contribution in [0.5, 0.6) is 5.75 Å². The van der Waals surface area contributed by atoms with Gasteiger partial charge < -0.3 is 14.3 Å². The van der Waals surface area contributed by atoms with E-state index in [1.165, 1.54) is 13.2 Å². The zero-order valence-corrected chi connectivity index (χ0v) is 14.5. The van der Waals surface area contributed by atoms with E-state index in [1.807, 2.05) is 6.07 Å². The maximum Gasteiger partial charge on any atom is 0.131 e. The standard InChI is InChI=1S/C19H25FN2O3/c1-24-18-3-2-16(19(20)10-18)12-22-7-6-21(13-17(22)4-8-23)11-15-5-9-25-14-15/h2-3,5,9-10,14,17,23H,4,6-8,11-13H2,1H3. The monoisotopic (exact) mass is 348 g/mol. The molecule has 0 saturated carbocycles. The topological polar surface area (TPSA) is 49.1 Å². The van der Waals surface area contributed by atoms with Crippen LogP contribution in [0.1, 0.15) is 17.5 Å². The molecule has 2 aromatic rings.